The van der Waals surface area contributed by atoms with Crippen molar-refractivity contribution in [1.29, 1.82) is 0 Å². The molecule has 0 heterocycles. The van der Waals surface area contributed by atoms with Crippen molar-refractivity contribution in [2.45, 2.75) is 31.8 Å². The first-order chi connectivity index (χ1) is 12.2. The Morgan fingerprint density at radius 2 is 1.64 bits per heavy atom. The molecule has 4 nitrogen and oxygen atoms in total. The van der Waals surface area contributed by atoms with E-state index in [4.69, 9.17) is 9.47 Å². The third-order valence-corrected chi connectivity index (χ3v) is 4.96. The van der Waals surface area contributed by atoms with Gasteiger partial charge < -0.3 is 14.4 Å². The number of hydrogen-bond donors (Lipinski definition) is 0. The number of hydrogen-bond acceptors (Lipinski definition) is 3. The molecule has 0 saturated heterocycles. The Balaban J connectivity index is 1.86. The monoisotopic (exact) mass is 339 g/mol. The molecule has 1 aliphatic carbocycles. The van der Waals surface area contributed by atoms with Gasteiger partial charge in [0.1, 0.15) is 23.0 Å². The smallest absolute Gasteiger partial charge is 0.237 e. The molecule has 2 aromatic carbocycles. The Kier molecular flexibility index (Phi) is 4.98. The average Bonchev–Trinajstić information content (AvgIpc) is 3.39. The second kappa shape index (κ2) is 7.18. The second-order valence-corrected chi connectivity index (χ2v) is 6.30. The summed E-state index contributed by atoms with van der Waals surface area (Å²) in [6.07, 6.45) is 0.564. The molecule has 0 N–H and O–H groups in total. The molecule has 0 aromatic heterocycles. The molecule has 2 atom stereocenters. The van der Waals surface area contributed by atoms with Crippen molar-refractivity contribution in [3.8, 4) is 11.5 Å². The number of carbonyl (C=O) groups is 1. The Bertz CT molecular complexity index is 710. The highest BCUT2D eigenvalue weighted by atomic mass is 16.5. The van der Waals surface area contributed by atoms with Crippen LogP contribution in [0.5, 0.6) is 11.5 Å². The van der Waals surface area contributed by atoms with E-state index < -0.39 is 5.41 Å². The number of methoxy groups -OCH3 is 1. The van der Waals surface area contributed by atoms with Crippen LogP contribution in [0.3, 0.4) is 0 Å². The average molecular weight is 339 g/mol. The summed E-state index contributed by atoms with van der Waals surface area (Å²) in [6, 6.07) is 17.5. The summed E-state index contributed by atoms with van der Waals surface area (Å²) < 4.78 is 11.3. The van der Waals surface area contributed by atoms with Crippen molar-refractivity contribution in [3.63, 3.8) is 0 Å². The van der Waals surface area contributed by atoms with Gasteiger partial charge in [-0.15, -0.1) is 0 Å². The Morgan fingerprint density at radius 1 is 1.04 bits per heavy atom. The van der Waals surface area contributed by atoms with E-state index in [1.54, 1.807) is 7.11 Å². The molecule has 1 amide bonds. The summed E-state index contributed by atoms with van der Waals surface area (Å²) in [5, 5.41) is 0. The molecule has 0 aliphatic heterocycles. The summed E-state index contributed by atoms with van der Waals surface area (Å²) in [5.74, 6) is 1.70. The largest absolute Gasteiger partial charge is 0.497 e. The van der Waals surface area contributed by atoms with Gasteiger partial charge >= 0.3 is 0 Å². The van der Waals surface area contributed by atoms with Crippen molar-refractivity contribution in [3.05, 3.63) is 60.2 Å². The number of likely N-dealkylation sites (N-methyl/N-ethyl adjacent to an activating group) is 1. The number of ether oxygens (including phenoxy) is 2. The fourth-order valence-corrected chi connectivity index (χ4v) is 3.38. The van der Waals surface area contributed by atoms with Gasteiger partial charge in [-0.3, -0.25) is 4.79 Å². The zero-order chi connectivity index (χ0) is 17.9. The normalized spacial score (nSPS) is 21.5. The third-order valence-electron chi connectivity index (χ3n) is 4.96. The molecule has 0 radical (unpaired) electrons. The molecule has 132 valence electrons. The molecule has 1 aliphatic rings. The number of benzene rings is 2. The predicted octanol–water partition coefficient (Wildman–Crippen LogP) is 3.65. The lowest BCUT2D eigenvalue weighted by Gasteiger charge is -2.26. The molecular weight excluding hydrogens is 314 g/mol. The Labute approximate surface area is 149 Å². The topological polar surface area (TPSA) is 38.8 Å². The lowest BCUT2D eigenvalue weighted by Crippen LogP contribution is -2.41. The standard InChI is InChI=1S/C21H25NO3/c1-4-22(5-2)20(23)21(16-9-7-6-8-10-16)15-19(21)25-18-13-11-17(24-3)12-14-18/h6-14,19H,4-5,15H2,1-3H3/t19-,21-/m0/s1. The minimum absolute atomic E-state index is 0.142. The summed E-state index contributed by atoms with van der Waals surface area (Å²) in [7, 11) is 1.64. The zero-order valence-corrected chi connectivity index (χ0v) is 15.1. The molecule has 25 heavy (non-hydrogen) atoms. The van der Waals surface area contributed by atoms with Crippen LogP contribution in [0, 0.1) is 0 Å². The molecule has 3 rings (SSSR count). The van der Waals surface area contributed by atoms with Crippen molar-refractivity contribution < 1.29 is 14.3 Å². The van der Waals surface area contributed by atoms with E-state index >= 15 is 0 Å². The van der Waals surface area contributed by atoms with Crippen LogP contribution in [-0.2, 0) is 10.2 Å². The van der Waals surface area contributed by atoms with Crippen LogP contribution in [0.15, 0.2) is 54.6 Å². The maximum absolute atomic E-state index is 13.2. The minimum atomic E-state index is -0.576. The van der Waals surface area contributed by atoms with Crippen LogP contribution in [0.25, 0.3) is 0 Å². The van der Waals surface area contributed by atoms with Gasteiger partial charge in [0.25, 0.3) is 0 Å². The van der Waals surface area contributed by atoms with E-state index in [1.165, 1.54) is 0 Å². The SMILES string of the molecule is CCN(CC)C(=O)[C@]1(c2ccccc2)C[C@@H]1Oc1ccc(OC)cc1. The molecule has 4 heteroatoms. The van der Waals surface area contributed by atoms with E-state index in [2.05, 4.69) is 0 Å². The number of amides is 1. The highest BCUT2D eigenvalue weighted by molar-refractivity contribution is 5.93. The van der Waals surface area contributed by atoms with Crippen molar-refractivity contribution in [2.75, 3.05) is 20.2 Å². The van der Waals surface area contributed by atoms with E-state index in [-0.39, 0.29) is 12.0 Å². The summed E-state index contributed by atoms with van der Waals surface area (Å²) in [5.41, 5.74) is 0.457. The lowest BCUT2D eigenvalue weighted by atomic mass is 9.93. The highest BCUT2D eigenvalue weighted by Gasteiger charge is 2.64. The first kappa shape index (κ1) is 17.3. The first-order valence-corrected chi connectivity index (χ1v) is 8.81. The Morgan fingerprint density at radius 3 is 2.20 bits per heavy atom. The van der Waals surface area contributed by atoms with E-state index in [0.717, 1.165) is 17.1 Å². The van der Waals surface area contributed by atoms with E-state index in [0.29, 0.717) is 19.5 Å². The van der Waals surface area contributed by atoms with Gasteiger partial charge in [0.15, 0.2) is 0 Å². The van der Waals surface area contributed by atoms with Gasteiger partial charge in [0.2, 0.25) is 5.91 Å². The van der Waals surface area contributed by atoms with E-state index in [1.807, 2.05) is 73.3 Å². The quantitative estimate of drug-likeness (QED) is 0.773. The number of rotatable bonds is 7. The molecule has 2 aromatic rings. The van der Waals surface area contributed by atoms with Gasteiger partial charge in [-0.25, -0.2) is 0 Å². The maximum atomic E-state index is 13.2. The molecule has 1 fully saturated rings. The Hall–Kier alpha value is -2.49. The number of carbonyl (C=O) groups excluding carboxylic acids is 1. The fraction of sp³-hybridized carbons (Fsp3) is 0.381. The molecular formula is C21H25NO3. The van der Waals surface area contributed by atoms with Crippen LogP contribution in [0.4, 0.5) is 0 Å². The van der Waals surface area contributed by atoms with Crippen LogP contribution in [0.2, 0.25) is 0 Å². The van der Waals surface area contributed by atoms with E-state index in [9.17, 15) is 4.79 Å². The molecule has 1 saturated carbocycles. The predicted molar refractivity (Wildman–Crippen MR) is 98.1 cm³/mol. The van der Waals surface area contributed by atoms with Crippen LogP contribution in [-0.4, -0.2) is 37.1 Å². The highest BCUT2D eigenvalue weighted by Crippen LogP contribution is 2.52. The molecule has 0 unspecified atom stereocenters. The van der Waals surface area contributed by atoms with Crippen molar-refractivity contribution in [1.82, 2.24) is 4.90 Å². The van der Waals surface area contributed by atoms with Gasteiger partial charge in [-0.2, -0.15) is 0 Å². The van der Waals surface area contributed by atoms with Crippen molar-refractivity contribution in [2.24, 2.45) is 0 Å². The maximum Gasteiger partial charge on any atom is 0.237 e. The van der Waals surface area contributed by atoms with Crippen LogP contribution in [0.1, 0.15) is 25.8 Å². The van der Waals surface area contributed by atoms with Gasteiger partial charge in [-0.1, -0.05) is 30.3 Å². The van der Waals surface area contributed by atoms with Crippen LogP contribution < -0.4 is 9.47 Å². The number of nitrogens with zero attached hydrogens (tertiary/aromatic N) is 1. The first-order valence-electron chi connectivity index (χ1n) is 8.81. The van der Waals surface area contributed by atoms with Gasteiger partial charge in [-0.05, 0) is 43.7 Å². The lowest BCUT2D eigenvalue weighted by molar-refractivity contribution is -0.134. The van der Waals surface area contributed by atoms with Gasteiger partial charge in [0, 0.05) is 19.5 Å². The summed E-state index contributed by atoms with van der Waals surface area (Å²) in [4.78, 5) is 15.1. The zero-order valence-electron chi connectivity index (χ0n) is 15.1. The van der Waals surface area contributed by atoms with Gasteiger partial charge in [0.05, 0.1) is 7.11 Å². The second-order valence-electron chi connectivity index (χ2n) is 6.30. The van der Waals surface area contributed by atoms with Crippen molar-refractivity contribution >= 4 is 5.91 Å². The fourth-order valence-electron chi connectivity index (χ4n) is 3.38. The molecule has 0 bridgehead atoms. The third kappa shape index (κ3) is 3.21. The minimum Gasteiger partial charge on any atom is -0.497 e. The summed E-state index contributed by atoms with van der Waals surface area (Å²) >= 11 is 0. The molecule has 0 spiro atoms. The summed E-state index contributed by atoms with van der Waals surface area (Å²) in [6.45, 7) is 5.45. The van der Waals surface area contributed by atoms with Crippen LogP contribution >= 0.6 is 0 Å².